The van der Waals surface area contributed by atoms with Crippen LogP contribution in [0.3, 0.4) is 0 Å². The van der Waals surface area contributed by atoms with Gasteiger partial charge in [0, 0.05) is 11.8 Å². The molecule has 1 heterocycles. The van der Waals surface area contributed by atoms with Crippen molar-refractivity contribution in [2.45, 2.75) is 23.8 Å². The van der Waals surface area contributed by atoms with Gasteiger partial charge >= 0.3 is 0 Å². The molecular formula is C7H11BrFN. The molecule has 1 aliphatic heterocycles. The van der Waals surface area contributed by atoms with Crippen molar-refractivity contribution in [3.05, 3.63) is 0 Å². The maximum Gasteiger partial charge on any atom is 0.171 e. The lowest BCUT2D eigenvalue weighted by Gasteiger charge is -2.22. The van der Waals surface area contributed by atoms with Gasteiger partial charge in [0.15, 0.2) is 4.58 Å². The van der Waals surface area contributed by atoms with Crippen molar-refractivity contribution in [3.8, 4) is 0 Å². The molecule has 1 aliphatic carbocycles. The highest BCUT2D eigenvalue weighted by Crippen LogP contribution is 2.67. The molecule has 0 aromatic heterocycles. The van der Waals surface area contributed by atoms with Gasteiger partial charge < -0.3 is 5.32 Å². The van der Waals surface area contributed by atoms with Crippen LogP contribution in [0.15, 0.2) is 0 Å². The third-order valence-electron chi connectivity index (χ3n) is 2.77. The Balaban J connectivity index is 2.05. The molecule has 1 N–H and O–H groups in total. The molecule has 10 heavy (non-hydrogen) atoms. The number of rotatable bonds is 0. The smallest absolute Gasteiger partial charge is 0.171 e. The number of alkyl halides is 2. The average Bonchev–Trinajstić information content (AvgIpc) is 2.36. The van der Waals surface area contributed by atoms with Crippen LogP contribution in [0.25, 0.3) is 0 Å². The number of hydrogen-bond donors (Lipinski definition) is 1. The summed E-state index contributed by atoms with van der Waals surface area (Å²) in [5.41, 5.74) is 0.0122. The van der Waals surface area contributed by atoms with Gasteiger partial charge in [-0.2, -0.15) is 0 Å². The summed E-state index contributed by atoms with van der Waals surface area (Å²) in [5, 5.41) is 3.23. The molecule has 2 aliphatic rings. The van der Waals surface area contributed by atoms with Gasteiger partial charge in [0.1, 0.15) is 0 Å². The van der Waals surface area contributed by atoms with E-state index < -0.39 is 4.58 Å². The van der Waals surface area contributed by atoms with Crippen molar-refractivity contribution in [2.24, 2.45) is 5.41 Å². The summed E-state index contributed by atoms with van der Waals surface area (Å²) < 4.78 is 12.2. The van der Waals surface area contributed by atoms with E-state index in [4.69, 9.17) is 0 Å². The topological polar surface area (TPSA) is 12.0 Å². The van der Waals surface area contributed by atoms with Gasteiger partial charge in [-0.15, -0.1) is 0 Å². The molecule has 1 spiro atoms. The van der Waals surface area contributed by atoms with Gasteiger partial charge in [0.25, 0.3) is 0 Å². The van der Waals surface area contributed by atoms with E-state index in [0.717, 1.165) is 32.4 Å². The van der Waals surface area contributed by atoms with Crippen molar-refractivity contribution in [2.75, 3.05) is 13.1 Å². The standard InChI is InChI=1S/C7H11BrFN/c8-7(9)5-6(7)1-3-10-4-2-6/h10H,1-5H2. The van der Waals surface area contributed by atoms with Crippen LogP contribution in [0.1, 0.15) is 19.3 Å². The highest BCUT2D eigenvalue weighted by Gasteiger charge is 2.67. The predicted octanol–water partition coefficient (Wildman–Crippen LogP) is 1.82. The Hall–Kier alpha value is 0.370. The Morgan fingerprint density at radius 2 is 1.80 bits per heavy atom. The minimum atomic E-state index is -1.01. The zero-order chi connectivity index (χ0) is 7.24. The van der Waals surface area contributed by atoms with Crippen molar-refractivity contribution in [1.82, 2.24) is 5.32 Å². The summed E-state index contributed by atoms with van der Waals surface area (Å²) in [6, 6.07) is 0. The maximum absolute atomic E-state index is 13.2. The molecule has 0 bridgehead atoms. The van der Waals surface area contributed by atoms with E-state index >= 15 is 0 Å². The largest absolute Gasteiger partial charge is 0.317 e. The van der Waals surface area contributed by atoms with Crippen molar-refractivity contribution in [1.29, 1.82) is 0 Å². The summed E-state index contributed by atoms with van der Waals surface area (Å²) in [7, 11) is 0. The molecule has 1 saturated heterocycles. The second-order valence-corrected chi connectivity index (χ2v) is 4.67. The SMILES string of the molecule is FC1(Br)CC12CCNCC2. The molecule has 1 unspecified atom stereocenters. The van der Waals surface area contributed by atoms with Crippen LogP contribution in [-0.2, 0) is 0 Å². The van der Waals surface area contributed by atoms with Crippen LogP contribution in [0.5, 0.6) is 0 Å². The lowest BCUT2D eigenvalue weighted by atomic mass is 9.95. The van der Waals surface area contributed by atoms with Crippen molar-refractivity contribution < 1.29 is 4.39 Å². The number of nitrogens with one attached hydrogen (secondary N) is 1. The third kappa shape index (κ3) is 0.832. The van der Waals surface area contributed by atoms with E-state index in [1.807, 2.05) is 0 Å². The van der Waals surface area contributed by atoms with Crippen LogP contribution in [0.4, 0.5) is 4.39 Å². The minimum absolute atomic E-state index is 0.0122. The molecule has 1 saturated carbocycles. The zero-order valence-electron chi connectivity index (χ0n) is 5.79. The van der Waals surface area contributed by atoms with Crippen LogP contribution in [0.2, 0.25) is 0 Å². The quantitative estimate of drug-likeness (QED) is 0.598. The fourth-order valence-corrected chi connectivity index (χ4v) is 2.76. The Morgan fingerprint density at radius 3 is 2.10 bits per heavy atom. The Bertz CT molecular complexity index is 152. The van der Waals surface area contributed by atoms with Crippen LogP contribution < -0.4 is 5.32 Å². The minimum Gasteiger partial charge on any atom is -0.317 e. The third-order valence-corrected chi connectivity index (χ3v) is 3.89. The van der Waals surface area contributed by atoms with Gasteiger partial charge in [-0.05, 0) is 41.9 Å². The molecule has 58 valence electrons. The fourth-order valence-electron chi connectivity index (χ4n) is 1.83. The summed E-state index contributed by atoms with van der Waals surface area (Å²) >= 11 is 3.11. The van der Waals surface area contributed by atoms with E-state index in [9.17, 15) is 4.39 Å². The Labute approximate surface area is 68.5 Å². The first-order valence-electron chi connectivity index (χ1n) is 3.75. The first-order valence-corrected chi connectivity index (χ1v) is 4.54. The zero-order valence-corrected chi connectivity index (χ0v) is 7.38. The van der Waals surface area contributed by atoms with E-state index in [0.29, 0.717) is 0 Å². The second-order valence-electron chi connectivity index (χ2n) is 3.41. The summed E-state index contributed by atoms with van der Waals surface area (Å²) in [5.74, 6) is 0. The van der Waals surface area contributed by atoms with E-state index in [1.54, 1.807) is 0 Å². The van der Waals surface area contributed by atoms with Gasteiger partial charge in [-0.25, -0.2) is 4.39 Å². The van der Waals surface area contributed by atoms with Crippen LogP contribution in [0, 0.1) is 5.41 Å². The van der Waals surface area contributed by atoms with E-state index in [2.05, 4.69) is 21.2 Å². The highest BCUT2D eigenvalue weighted by molar-refractivity contribution is 9.10. The first kappa shape index (κ1) is 7.04. The van der Waals surface area contributed by atoms with Gasteiger partial charge in [0.2, 0.25) is 0 Å². The molecule has 0 radical (unpaired) electrons. The summed E-state index contributed by atoms with van der Waals surface area (Å²) in [6.07, 6.45) is 2.71. The Morgan fingerprint density at radius 1 is 1.30 bits per heavy atom. The summed E-state index contributed by atoms with van der Waals surface area (Å²) in [6.45, 7) is 1.97. The number of piperidine rings is 1. The van der Waals surface area contributed by atoms with Crippen molar-refractivity contribution >= 4 is 15.9 Å². The van der Waals surface area contributed by atoms with Crippen LogP contribution in [-0.4, -0.2) is 17.7 Å². The monoisotopic (exact) mass is 207 g/mol. The highest BCUT2D eigenvalue weighted by atomic mass is 79.9. The van der Waals surface area contributed by atoms with Crippen LogP contribution >= 0.6 is 15.9 Å². The first-order chi connectivity index (χ1) is 4.66. The lowest BCUT2D eigenvalue weighted by Crippen LogP contribution is -2.31. The molecule has 0 aromatic carbocycles. The molecule has 0 amide bonds. The van der Waals surface area contributed by atoms with Gasteiger partial charge in [-0.1, -0.05) is 0 Å². The molecule has 2 fully saturated rings. The molecule has 1 atom stereocenters. The number of halogens is 2. The maximum atomic E-state index is 13.2. The molecule has 1 nitrogen and oxygen atoms in total. The average molecular weight is 208 g/mol. The van der Waals surface area contributed by atoms with Crippen molar-refractivity contribution in [3.63, 3.8) is 0 Å². The molecule has 2 rings (SSSR count). The second kappa shape index (κ2) is 1.95. The molecule has 0 aromatic rings. The lowest BCUT2D eigenvalue weighted by molar-refractivity contribution is 0.266. The fraction of sp³-hybridized carbons (Fsp3) is 1.00. The predicted molar refractivity (Wildman–Crippen MR) is 41.9 cm³/mol. The van der Waals surface area contributed by atoms with Gasteiger partial charge in [-0.3, -0.25) is 0 Å². The van der Waals surface area contributed by atoms with E-state index in [-0.39, 0.29) is 5.41 Å². The van der Waals surface area contributed by atoms with E-state index in [1.165, 1.54) is 0 Å². The molecular weight excluding hydrogens is 197 g/mol. The summed E-state index contributed by atoms with van der Waals surface area (Å²) in [4.78, 5) is 0. The number of hydrogen-bond acceptors (Lipinski definition) is 1. The normalized spacial score (nSPS) is 43.8. The molecule has 3 heteroatoms. The van der Waals surface area contributed by atoms with Gasteiger partial charge in [0.05, 0.1) is 0 Å². The Kier molecular flexibility index (Phi) is 1.37.